The average Bonchev–Trinajstić information content (AvgIpc) is 1.94. The Morgan fingerprint density at radius 1 is 1.73 bits per heavy atom. The molecule has 0 amide bonds. The van der Waals surface area contributed by atoms with Crippen LogP contribution in [0, 0.1) is 5.82 Å². The highest BCUT2D eigenvalue weighted by Gasteiger charge is 2.08. The number of hydrogen-bond acceptors (Lipinski definition) is 2. The summed E-state index contributed by atoms with van der Waals surface area (Å²) in [4.78, 5) is 3.50. The first kappa shape index (κ1) is 8.43. The van der Waals surface area contributed by atoms with Gasteiger partial charge in [0.15, 0.2) is 0 Å². The number of hydrogen-bond donors (Lipinski definition) is 1. The van der Waals surface area contributed by atoms with Gasteiger partial charge >= 0.3 is 0 Å². The fraction of sp³-hybridized carbons (Fsp3) is 0.286. The van der Waals surface area contributed by atoms with E-state index in [1.54, 1.807) is 0 Å². The first-order chi connectivity index (χ1) is 5.11. The fourth-order valence-corrected chi connectivity index (χ4v) is 0.914. The van der Waals surface area contributed by atoms with Crippen molar-refractivity contribution in [2.75, 3.05) is 0 Å². The van der Waals surface area contributed by atoms with Gasteiger partial charge in [0.1, 0.15) is 11.0 Å². The molecule has 1 aromatic heterocycles. The molecular weight excluding hydrogens is 169 g/mol. The zero-order valence-corrected chi connectivity index (χ0v) is 6.64. The van der Waals surface area contributed by atoms with Crippen LogP contribution < -0.4 is 0 Å². The molecule has 0 saturated carbocycles. The maximum absolute atomic E-state index is 12.7. The highest BCUT2D eigenvalue weighted by atomic mass is 35.5. The molecule has 1 unspecified atom stereocenters. The largest absolute Gasteiger partial charge is 0.389 e. The molecule has 1 heterocycles. The molecule has 4 heteroatoms. The Kier molecular flexibility index (Phi) is 2.42. The first-order valence-corrected chi connectivity index (χ1v) is 3.48. The van der Waals surface area contributed by atoms with Crippen LogP contribution in [0.1, 0.15) is 18.6 Å². The van der Waals surface area contributed by atoms with Crippen molar-refractivity contribution in [1.29, 1.82) is 0 Å². The second kappa shape index (κ2) is 3.15. The minimum Gasteiger partial charge on any atom is -0.389 e. The van der Waals surface area contributed by atoms with E-state index in [1.165, 1.54) is 13.0 Å². The van der Waals surface area contributed by atoms with Crippen LogP contribution in [0.4, 0.5) is 4.39 Å². The van der Waals surface area contributed by atoms with Gasteiger partial charge in [0.05, 0.1) is 12.3 Å². The number of aliphatic hydroxyl groups is 1. The van der Waals surface area contributed by atoms with E-state index in [2.05, 4.69) is 4.98 Å². The van der Waals surface area contributed by atoms with Crippen molar-refractivity contribution < 1.29 is 9.50 Å². The monoisotopic (exact) mass is 175 g/mol. The lowest BCUT2D eigenvalue weighted by Crippen LogP contribution is -1.96. The molecule has 0 aliphatic carbocycles. The van der Waals surface area contributed by atoms with Crippen LogP contribution in [0.2, 0.25) is 5.15 Å². The van der Waals surface area contributed by atoms with E-state index in [9.17, 15) is 4.39 Å². The van der Waals surface area contributed by atoms with E-state index in [4.69, 9.17) is 16.7 Å². The van der Waals surface area contributed by atoms with Gasteiger partial charge in [0.25, 0.3) is 0 Å². The molecule has 0 aliphatic heterocycles. The summed E-state index contributed by atoms with van der Waals surface area (Å²) in [5.74, 6) is -0.538. The van der Waals surface area contributed by atoms with E-state index in [-0.39, 0.29) is 10.7 Å². The van der Waals surface area contributed by atoms with Gasteiger partial charge in [-0.05, 0) is 13.0 Å². The summed E-state index contributed by atoms with van der Waals surface area (Å²) in [5, 5.41) is 9.19. The zero-order valence-electron chi connectivity index (χ0n) is 5.88. The lowest BCUT2D eigenvalue weighted by molar-refractivity contribution is 0.194. The van der Waals surface area contributed by atoms with Gasteiger partial charge in [0.2, 0.25) is 0 Å². The Balaban J connectivity index is 3.13. The molecule has 0 aliphatic rings. The van der Waals surface area contributed by atoms with E-state index in [0.717, 1.165) is 6.20 Å². The fourth-order valence-electron chi connectivity index (χ4n) is 0.748. The molecule has 60 valence electrons. The second-order valence-corrected chi connectivity index (χ2v) is 2.59. The maximum Gasteiger partial charge on any atom is 0.147 e. The summed E-state index contributed by atoms with van der Waals surface area (Å²) >= 11 is 5.47. The second-order valence-electron chi connectivity index (χ2n) is 2.20. The van der Waals surface area contributed by atoms with Crippen molar-refractivity contribution in [1.82, 2.24) is 4.98 Å². The summed E-state index contributed by atoms with van der Waals surface area (Å²) in [6.07, 6.45) is 0.139. The molecule has 11 heavy (non-hydrogen) atoms. The summed E-state index contributed by atoms with van der Waals surface area (Å²) in [6, 6.07) is 1.31. The van der Waals surface area contributed by atoms with Gasteiger partial charge in [-0.3, -0.25) is 0 Å². The lowest BCUT2D eigenvalue weighted by Gasteiger charge is -2.04. The van der Waals surface area contributed by atoms with Crippen molar-refractivity contribution in [2.45, 2.75) is 13.0 Å². The Morgan fingerprint density at radius 2 is 2.36 bits per heavy atom. The van der Waals surface area contributed by atoms with Crippen molar-refractivity contribution in [3.63, 3.8) is 0 Å². The van der Waals surface area contributed by atoms with Crippen molar-refractivity contribution in [3.05, 3.63) is 28.8 Å². The van der Waals surface area contributed by atoms with Crippen LogP contribution in [-0.4, -0.2) is 10.1 Å². The number of rotatable bonds is 1. The zero-order chi connectivity index (χ0) is 8.43. The third-order valence-electron chi connectivity index (χ3n) is 1.30. The third-order valence-corrected chi connectivity index (χ3v) is 1.51. The van der Waals surface area contributed by atoms with E-state index < -0.39 is 11.9 Å². The first-order valence-electron chi connectivity index (χ1n) is 3.10. The molecule has 0 fully saturated rings. The molecule has 1 aromatic rings. The molecular formula is C7H7ClFNO. The summed E-state index contributed by atoms with van der Waals surface area (Å²) in [5.41, 5.74) is 0.171. The molecule has 2 nitrogen and oxygen atoms in total. The van der Waals surface area contributed by atoms with Crippen LogP contribution in [0.5, 0.6) is 0 Å². The normalized spacial score (nSPS) is 13.1. The quantitative estimate of drug-likeness (QED) is 0.662. The van der Waals surface area contributed by atoms with Crippen molar-refractivity contribution in [2.24, 2.45) is 0 Å². The maximum atomic E-state index is 12.7. The summed E-state index contributed by atoms with van der Waals surface area (Å²) in [7, 11) is 0. The predicted molar refractivity (Wildman–Crippen MR) is 39.8 cm³/mol. The average molecular weight is 176 g/mol. The number of aliphatic hydroxyl groups excluding tert-OH is 1. The predicted octanol–water partition coefficient (Wildman–Crippen LogP) is 1.93. The van der Waals surface area contributed by atoms with Gasteiger partial charge < -0.3 is 5.11 Å². The van der Waals surface area contributed by atoms with Crippen LogP contribution in [0.3, 0.4) is 0 Å². The highest BCUT2D eigenvalue weighted by Crippen LogP contribution is 2.18. The molecule has 1 N–H and O–H groups in total. The standard InChI is InChI=1S/C7H7ClFNO/c1-4(11)5-2-7(8)10-3-6(5)9/h2-4,11H,1H3. The summed E-state index contributed by atoms with van der Waals surface area (Å²) in [6.45, 7) is 1.47. The summed E-state index contributed by atoms with van der Waals surface area (Å²) < 4.78 is 12.7. The highest BCUT2D eigenvalue weighted by molar-refractivity contribution is 6.29. The van der Waals surface area contributed by atoms with E-state index >= 15 is 0 Å². The number of nitrogens with zero attached hydrogens (tertiary/aromatic N) is 1. The number of halogens is 2. The lowest BCUT2D eigenvalue weighted by atomic mass is 10.2. The smallest absolute Gasteiger partial charge is 0.147 e. The minimum absolute atomic E-state index is 0.171. The molecule has 0 radical (unpaired) electrons. The van der Waals surface area contributed by atoms with Crippen LogP contribution >= 0.6 is 11.6 Å². The Labute approximate surface area is 68.6 Å². The Hall–Kier alpha value is -0.670. The van der Waals surface area contributed by atoms with Crippen LogP contribution in [0.15, 0.2) is 12.3 Å². The van der Waals surface area contributed by atoms with Crippen molar-refractivity contribution >= 4 is 11.6 Å². The van der Waals surface area contributed by atoms with Gasteiger partial charge in [-0.25, -0.2) is 9.37 Å². The minimum atomic E-state index is -0.851. The Morgan fingerprint density at radius 3 is 2.82 bits per heavy atom. The SMILES string of the molecule is CC(O)c1cc(Cl)ncc1F. The molecule has 1 rings (SSSR count). The van der Waals surface area contributed by atoms with E-state index in [0.29, 0.717) is 0 Å². The Bertz CT molecular complexity index is 265. The van der Waals surface area contributed by atoms with Crippen LogP contribution in [-0.2, 0) is 0 Å². The molecule has 1 atom stereocenters. The van der Waals surface area contributed by atoms with E-state index in [1.807, 2.05) is 0 Å². The van der Waals surface area contributed by atoms with Gasteiger partial charge in [-0.1, -0.05) is 11.6 Å². The van der Waals surface area contributed by atoms with Gasteiger partial charge in [-0.2, -0.15) is 0 Å². The number of pyridine rings is 1. The topological polar surface area (TPSA) is 33.1 Å². The molecule has 0 saturated heterocycles. The molecule has 0 spiro atoms. The van der Waals surface area contributed by atoms with Gasteiger partial charge in [-0.15, -0.1) is 0 Å². The molecule has 0 aromatic carbocycles. The van der Waals surface area contributed by atoms with Gasteiger partial charge in [0, 0.05) is 5.56 Å². The molecule has 0 bridgehead atoms. The number of aromatic nitrogens is 1. The third kappa shape index (κ3) is 1.88. The van der Waals surface area contributed by atoms with Crippen molar-refractivity contribution in [3.8, 4) is 0 Å². The van der Waals surface area contributed by atoms with Crippen LogP contribution in [0.25, 0.3) is 0 Å².